The Balaban J connectivity index is 1.74. The fraction of sp³-hybridized carbons (Fsp3) is 0.310. The quantitative estimate of drug-likeness (QED) is 0.374. The van der Waals surface area contributed by atoms with Crippen molar-refractivity contribution in [3.63, 3.8) is 0 Å². The number of carbonyl (C=O) groups is 2. The zero-order valence-corrected chi connectivity index (χ0v) is 22.1. The predicted octanol–water partition coefficient (Wildman–Crippen LogP) is 3.86. The van der Waals surface area contributed by atoms with Crippen LogP contribution in [0.4, 0.5) is 4.39 Å². The first-order valence-electron chi connectivity index (χ1n) is 12.2. The van der Waals surface area contributed by atoms with Gasteiger partial charge in [-0.2, -0.15) is 0 Å². The van der Waals surface area contributed by atoms with Gasteiger partial charge in [-0.25, -0.2) is 4.39 Å². The standard InChI is InChI=1S/C29H30FNO8/c1-36-22-11-16(12-23(37-2)26(22)32)9-19-20(10-17-13-24(38-3)27(33)25(14-17)39-4)29(35)31(28(19)34)15-18-7-5-6-8-21(18)30/h5-8,11-14,19-20,32-33H,9-10,15H2,1-4H3/t19-,20-/m1/s1. The summed E-state index contributed by atoms with van der Waals surface area (Å²) in [6, 6.07) is 12.3. The topological polar surface area (TPSA) is 115 Å². The van der Waals surface area contributed by atoms with Crippen molar-refractivity contribution in [3.05, 3.63) is 71.0 Å². The summed E-state index contributed by atoms with van der Waals surface area (Å²) < 4.78 is 35.5. The highest BCUT2D eigenvalue weighted by Crippen LogP contribution is 2.42. The van der Waals surface area contributed by atoms with Gasteiger partial charge in [-0.15, -0.1) is 0 Å². The van der Waals surface area contributed by atoms with Gasteiger partial charge in [-0.05, 0) is 54.3 Å². The number of phenols is 2. The molecule has 0 unspecified atom stereocenters. The van der Waals surface area contributed by atoms with Gasteiger partial charge in [0.2, 0.25) is 23.3 Å². The number of phenolic OH excluding ortho intramolecular Hbond substituents is 2. The SMILES string of the molecule is COc1cc(C[C@H]2C(=O)N(Cc3ccccc3F)C(=O)[C@@H]2Cc2cc(OC)c(O)c(OC)c2)cc(OC)c1O. The lowest BCUT2D eigenvalue weighted by Crippen LogP contribution is -2.31. The lowest BCUT2D eigenvalue weighted by molar-refractivity contribution is -0.140. The van der Waals surface area contributed by atoms with E-state index >= 15 is 0 Å². The molecular formula is C29H30FNO8. The van der Waals surface area contributed by atoms with Gasteiger partial charge >= 0.3 is 0 Å². The first-order chi connectivity index (χ1) is 18.7. The van der Waals surface area contributed by atoms with Crippen LogP contribution < -0.4 is 18.9 Å². The molecule has 0 spiro atoms. The Morgan fingerprint density at radius 1 is 0.718 bits per heavy atom. The lowest BCUT2D eigenvalue weighted by atomic mass is 9.84. The third-order valence-corrected chi connectivity index (χ3v) is 6.93. The lowest BCUT2D eigenvalue weighted by Gasteiger charge is -2.18. The molecule has 39 heavy (non-hydrogen) atoms. The molecule has 1 aliphatic rings. The number of aromatic hydroxyl groups is 2. The number of ether oxygens (including phenoxy) is 4. The van der Waals surface area contributed by atoms with Gasteiger partial charge in [-0.1, -0.05) is 18.2 Å². The van der Waals surface area contributed by atoms with Gasteiger partial charge < -0.3 is 29.2 Å². The molecule has 9 nitrogen and oxygen atoms in total. The van der Waals surface area contributed by atoms with E-state index in [1.807, 2.05) is 0 Å². The Labute approximate surface area is 225 Å². The predicted molar refractivity (Wildman–Crippen MR) is 139 cm³/mol. The highest BCUT2D eigenvalue weighted by molar-refractivity contribution is 6.05. The van der Waals surface area contributed by atoms with Crippen molar-refractivity contribution in [2.24, 2.45) is 11.8 Å². The number of nitrogens with zero attached hydrogens (tertiary/aromatic N) is 1. The van der Waals surface area contributed by atoms with Crippen LogP contribution in [0.15, 0.2) is 48.5 Å². The molecule has 1 saturated heterocycles. The van der Waals surface area contributed by atoms with Crippen LogP contribution >= 0.6 is 0 Å². The summed E-state index contributed by atoms with van der Waals surface area (Å²) in [7, 11) is 5.58. The molecule has 3 aromatic rings. The molecule has 1 heterocycles. The minimum atomic E-state index is -0.811. The van der Waals surface area contributed by atoms with Crippen LogP contribution in [0.25, 0.3) is 0 Å². The molecule has 1 aliphatic heterocycles. The van der Waals surface area contributed by atoms with E-state index < -0.39 is 29.5 Å². The van der Waals surface area contributed by atoms with Crippen molar-refractivity contribution >= 4 is 11.8 Å². The van der Waals surface area contributed by atoms with Crippen LogP contribution in [0, 0.1) is 17.7 Å². The fourth-order valence-electron chi connectivity index (χ4n) is 4.90. The minimum Gasteiger partial charge on any atom is -0.502 e. The van der Waals surface area contributed by atoms with E-state index in [0.717, 1.165) is 4.90 Å². The Kier molecular flexibility index (Phi) is 8.13. The summed E-state index contributed by atoms with van der Waals surface area (Å²) in [4.78, 5) is 28.5. The second kappa shape index (κ2) is 11.5. The average molecular weight is 540 g/mol. The van der Waals surface area contributed by atoms with Crippen molar-refractivity contribution in [2.45, 2.75) is 19.4 Å². The van der Waals surface area contributed by atoms with Crippen LogP contribution in [-0.4, -0.2) is 55.4 Å². The van der Waals surface area contributed by atoms with Gasteiger partial charge in [0.15, 0.2) is 23.0 Å². The molecule has 206 valence electrons. The van der Waals surface area contributed by atoms with Crippen molar-refractivity contribution in [3.8, 4) is 34.5 Å². The van der Waals surface area contributed by atoms with Gasteiger partial charge in [0.25, 0.3) is 0 Å². The Morgan fingerprint density at radius 3 is 1.46 bits per heavy atom. The molecule has 0 aromatic heterocycles. The maximum atomic E-state index is 14.4. The minimum absolute atomic E-state index is 0.127. The smallest absolute Gasteiger partial charge is 0.233 e. The van der Waals surface area contributed by atoms with Crippen LogP contribution in [-0.2, 0) is 29.0 Å². The molecule has 2 N–H and O–H groups in total. The molecule has 10 heteroatoms. The van der Waals surface area contributed by atoms with E-state index in [0.29, 0.717) is 11.1 Å². The maximum absolute atomic E-state index is 14.4. The zero-order chi connectivity index (χ0) is 28.3. The highest BCUT2D eigenvalue weighted by atomic mass is 19.1. The molecule has 4 rings (SSSR count). The van der Waals surface area contributed by atoms with E-state index in [1.54, 1.807) is 30.3 Å². The Morgan fingerprint density at radius 2 is 1.10 bits per heavy atom. The Bertz CT molecular complexity index is 1260. The summed E-state index contributed by atoms with van der Waals surface area (Å²) in [5.74, 6) is -2.75. The van der Waals surface area contributed by atoms with Gasteiger partial charge in [0.05, 0.1) is 46.8 Å². The number of imide groups is 1. The number of hydrogen-bond donors (Lipinski definition) is 2. The van der Waals surface area contributed by atoms with Crippen molar-refractivity contribution in [1.82, 2.24) is 4.90 Å². The average Bonchev–Trinajstić information content (AvgIpc) is 3.14. The summed E-state index contributed by atoms with van der Waals surface area (Å²) in [5.41, 5.74) is 1.43. The largest absolute Gasteiger partial charge is 0.502 e. The third-order valence-electron chi connectivity index (χ3n) is 6.93. The van der Waals surface area contributed by atoms with E-state index in [-0.39, 0.29) is 59.4 Å². The van der Waals surface area contributed by atoms with Crippen molar-refractivity contribution in [1.29, 1.82) is 0 Å². The van der Waals surface area contributed by atoms with Gasteiger partial charge in [0.1, 0.15) is 5.82 Å². The maximum Gasteiger partial charge on any atom is 0.233 e. The number of benzene rings is 3. The Hall–Kier alpha value is -4.47. The summed E-state index contributed by atoms with van der Waals surface area (Å²) in [6.45, 7) is -0.207. The van der Waals surface area contributed by atoms with Crippen LogP contribution in [0.5, 0.6) is 34.5 Å². The molecule has 0 aliphatic carbocycles. The summed E-state index contributed by atoms with van der Waals surface area (Å²) >= 11 is 0. The van der Waals surface area contributed by atoms with Crippen LogP contribution in [0.1, 0.15) is 16.7 Å². The second-order valence-corrected chi connectivity index (χ2v) is 9.17. The van der Waals surface area contributed by atoms with Gasteiger partial charge in [0, 0.05) is 5.56 Å². The van der Waals surface area contributed by atoms with Gasteiger partial charge in [-0.3, -0.25) is 14.5 Å². The van der Waals surface area contributed by atoms with Crippen molar-refractivity contribution < 1.29 is 43.1 Å². The monoisotopic (exact) mass is 539 g/mol. The molecule has 2 atom stereocenters. The third kappa shape index (κ3) is 5.41. The number of carbonyl (C=O) groups excluding carboxylic acids is 2. The van der Waals surface area contributed by atoms with E-state index in [4.69, 9.17) is 18.9 Å². The normalized spacial score (nSPS) is 16.9. The number of halogens is 1. The van der Waals surface area contributed by atoms with Crippen LogP contribution in [0.3, 0.4) is 0 Å². The first-order valence-corrected chi connectivity index (χ1v) is 12.2. The summed E-state index contributed by atoms with van der Waals surface area (Å²) in [5, 5.41) is 20.6. The molecule has 2 amide bonds. The van der Waals surface area contributed by atoms with Crippen LogP contribution in [0.2, 0.25) is 0 Å². The number of methoxy groups -OCH3 is 4. The number of amides is 2. The van der Waals surface area contributed by atoms with E-state index in [1.165, 1.54) is 46.6 Å². The number of likely N-dealkylation sites (tertiary alicyclic amines) is 1. The number of rotatable bonds is 10. The number of hydrogen-bond acceptors (Lipinski definition) is 8. The highest BCUT2D eigenvalue weighted by Gasteiger charge is 2.47. The summed E-state index contributed by atoms with van der Waals surface area (Å²) in [6.07, 6.45) is 0.255. The van der Waals surface area contributed by atoms with Crippen molar-refractivity contribution in [2.75, 3.05) is 28.4 Å². The fourth-order valence-corrected chi connectivity index (χ4v) is 4.90. The molecule has 3 aromatic carbocycles. The zero-order valence-electron chi connectivity index (χ0n) is 22.1. The first kappa shape index (κ1) is 27.6. The van der Waals surface area contributed by atoms with E-state index in [2.05, 4.69) is 0 Å². The molecular weight excluding hydrogens is 509 g/mol. The molecule has 0 radical (unpaired) electrons. The second-order valence-electron chi connectivity index (χ2n) is 9.17. The molecule has 0 saturated carbocycles. The molecule has 0 bridgehead atoms. The molecule has 1 fully saturated rings. The van der Waals surface area contributed by atoms with E-state index in [9.17, 15) is 24.2 Å².